The highest BCUT2D eigenvalue weighted by Crippen LogP contribution is 2.34. The van der Waals surface area contributed by atoms with E-state index in [1.807, 2.05) is 13.8 Å². The minimum absolute atomic E-state index is 0.0833. The van der Waals surface area contributed by atoms with E-state index < -0.39 is 12.0 Å². The number of ether oxygens (including phenoxy) is 1. The number of nitrogen functional groups attached to an aromatic ring is 1. The molecule has 9 heteroatoms. The van der Waals surface area contributed by atoms with Crippen LogP contribution in [0.1, 0.15) is 20.8 Å². The van der Waals surface area contributed by atoms with E-state index in [1.54, 1.807) is 36.4 Å². The smallest absolute Gasteiger partial charge is 0.270 e. The first-order valence-electron chi connectivity index (χ1n) is 9.16. The fourth-order valence-electron chi connectivity index (χ4n) is 2.94. The fraction of sp³-hybridized carbons (Fsp3) is 0.300. The number of benzene rings is 1. The Morgan fingerprint density at radius 3 is 2.34 bits per heavy atom. The lowest BCUT2D eigenvalue weighted by Gasteiger charge is -2.34. The maximum atomic E-state index is 12.9. The number of amides is 3. The molecule has 4 N–H and O–H groups in total. The van der Waals surface area contributed by atoms with Crippen molar-refractivity contribution < 1.29 is 19.1 Å². The zero-order valence-electron chi connectivity index (χ0n) is 16.4. The van der Waals surface area contributed by atoms with Crippen LogP contribution in [-0.2, 0) is 14.4 Å². The Balaban J connectivity index is 1.77. The Morgan fingerprint density at radius 1 is 1.14 bits per heavy atom. The van der Waals surface area contributed by atoms with E-state index in [2.05, 4.69) is 15.6 Å². The highest BCUT2D eigenvalue weighted by Gasteiger charge is 2.38. The largest absolute Gasteiger partial charge is 0.476 e. The summed E-state index contributed by atoms with van der Waals surface area (Å²) in [6.45, 7) is 4.92. The molecule has 3 amide bonds. The Labute approximate surface area is 168 Å². The molecule has 0 radical (unpaired) electrons. The van der Waals surface area contributed by atoms with Crippen LogP contribution in [0.15, 0.2) is 36.4 Å². The molecule has 0 saturated heterocycles. The van der Waals surface area contributed by atoms with E-state index in [9.17, 15) is 14.4 Å². The van der Waals surface area contributed by atoms with Gasteiger partial charge >= 0.3 is 0 Å². The zero-order chi connectivity index (χ0) is 21.1. The number of nitrogens with zero attached hydrogens (tertiary/aromatic N) is 2. The second kappa shape index (κ2) is 8.17. The molecule has 0 bridgehead atoms. The molecule has 0 spiro atoms. The summed E-state index contributed by atoms with van der Waals surface area (Å²) in [5.41, 5.74) is 6.90. The van der Waals surface area contributed by atoms with Crippen LogP contribution in [0.2, 0.25) is 0 Å². The molecule has 0 fully saturated rings. The van der Waals surface area contributed by atoms with Crippen LogP contribution in [0.25, 0.3) is 0 Å². The highest BCUT2D eigenvalue weighted by molar-refractivity contribution is 6.05. The van der Waals surface area contributed by atoms with Crippen LogP contribution in [0, 0.1) is 5.92 Å². The molecule has 0 saturated carbocycles. The standard InChI is InChI=1S/C20H23N5O4/c1-11(2)18-20(28)25(19-15(29-18)8-9-16(21)24-19)10-17(27)23-14-6-4-13(5-7-14)22-12(3)26/h4-9,11,18H,10H2,1-3H3,(H2,21,24)(H,22,26)(H,23,27). The SMILES string of the molecule is CC(=O)Nc1ccc(NC(=O)CN2C(=O)C(C(C)C)Oc3ccc(N)nc32)cc1. The fourth-order valence-corrected chi connectivity index (χ4v) is 2.94. The molecule has 1 unspecified atom stereocenters. The van der Waals surface area contributed by atoms with Gasteiger partial charge in [0.15, 0.2) is 17.7 Å². The predicted molar refractivity (Wildman–Crippen MR) is 110 cm³/mol. The highest BCUT2D eigenvalue weighted by atomic mass is 16.5. The van der Waals surface area contributed by atoms with Crippen molar-refractivity contribution in [2.75, 3.05) is 27.8 Å². The predicted octanol–water partition coefficient (Wildman–Crippen LogP) is 2.01. The van der Waals surface area contributed by atoms with E-state index in [1.165, 1.54) is 11.8 Å². The summed E-state index contributed by atoms with van der Waals surface area (Å²) >= 11 is 0. The van der Waals surface area contributed by atoms with Crippen LogP contribution in [0.3, 0.4) is 0 Å². The molecule has 152 valence electrons. The number of hydrogen-bond donors (Lipinski definition) is 3. The second-order valence-corrected chi connectivity index (χ2v) is 7.07. The molecule has 29 heavy (non-hydrogen) atoms. The normalized spacial score (nSPS) is 15.5. The van der Waals surface area contributed by atoms with Crippen LogP contribution >= 0.6 is 0 Å². The third-order valence-corrected chi connectivity index (χ3v) is 4.28. The minimum atomic E-state index is -0.710. The molecule has 0 aliphatic carbocycles. The number of fused-ring (bicyclic) bond motifs is 1. The third kappa shape index (κ3) is 4.63. The minimum Gasteiger partial charge on any atom is -0.476 e. The van der Waals surface area contributed by atoms with E-state index >= 15 is 0 Å². The van der Waals surface area contributed by atoms with Crippen molar-refractivity contribution >= 4 is 40.7 Å². The number of carbonyl (C=O) groups is 3. The first kappa shape index (κ1) is 20.1. The summed E-state index contributed by atoms with van der Waals surface area (Å²) in [6.07, 6.45) is -0.710. The van der Waals surface area contributed by atoms with Gasteiger partial charge in [-0.15, -0.1) is 0 Å². The summed E-state index contributed by atoms with van der Waals surface area (Å²) in [5.74, 6) is -0.153. The lowest BCUT2D eigenvalue weighted by Crippen LogP contribution is -2.51. The molecule has 2 heterocycles. The molecule has 1 aliphatic heterocycles. The summed E-state index contributed by atoms with van der Waals surface area (Å²) in [4.78, 5) is 42.0. The number of pyridine rings is 1. The van der Waals surface area contributed by atoms with E-state index in [0.29, 0.717) is 17.1 Å². The van der Waals surface area contributed by atoms with Crippen molar-refractivity contribution in [2.24, 2.45) is 5.92 Å². The first-order valence-corrected chi connectivity index (χ1v) is 9.16. The maximum absolute atomic E-state index is 12.9. The molecular formula is C20H23N5O4. The quantitative estimate of drug-likeness (QED) is 0.708. The maximum Gasteiger partial charge on any atom is 0.270 e. The van der Waals surface area contributed by atoms with Gasteiger partial charge in [0.2, 0.25) is 11.8 Å². The zero-order valence-corrected chi connectivity index (χ0v) is 16.4. The molecule has 3 rings (SSSR count). The number of rotatable bonds is 5. The Bertz CT molecular complexity index is 942. The van der Waals surface area contributed by atoms with Gasteiger partial charge < -0.3 is 21.1 Å². The summed E-state index contributed by atoms with van der Waals surface area (Å²) in [5, 5.41) is 5.38. The van der Waals surface area contributed by atoms with E-state index in [-0.39, 0.29) is 35.9 Å². The molecule has 1 atom stereocenters. The van der Waals surface area contributed by atoms with Gasteiger partial charge in [0.05, 0.1) is 0 Å². The molecular weight excluding hydrogens is 374 g/mol. The van der Waals surface area contributed by atoms with Crippen molar-refractivity contribution in [3.8, 4) is 5.75 Å². The van der Waals surface area contributed by atoms with Crippen molar-refractivity contribution in [1.82, 2.24) is 4.98 Å². The number of hydrogen-bond acceptors (Lipinski definition) is 6. The van der Waals surface area contributed by atoms with Crippen LogP contribution < -0.4 is 26.0 Å². The topological polar surface area (TPSA) is 127 Å². The summed E-state index contributed by atoms with van der Waals surface area (Å²) < 4.78 is 5.76. The van der Waals surface area contributed by atoms with Crippen LogP contribution in [0.4, 0.5) is 23.0 Å². The monoisotopic (exact) mass is 397 g/mol. The van der Waals surface area contributed by atoms with Gasteiger partial charge in [-0.1, -0.05) is 13.8 Å². The van der Waals surface area contributed by atoms with E-state index in [0.717, 1.165) is 0 Å². The molecule has 1 aliphatic rings. The Hall–Kier alpha value is -3.62. The first-order chi connectivity index (χ1) is 13.7. The summed E-state index contributed by atoms with van der Waals surface area (Å²) in [6, 6.07) is 9.88. The van der Waals surface area contributed by atoms with Gasteiger partial charge in [-0.25, -0.2) is 4.98 Å². The van der Waals surface area contributed by atoms with Crippen molar-refractivity contribution in [2.45, 2.75) is 26.9 Å². The Morgan fingerprint density at radius 2 is 1.76 bits per heavy atom. The third-order valence-electron chi connectivity index (χ3n) is 4.28. The van der Waals surface area contributed by atoms with Crippen molar-refractivity contribution in [3.63, 3.8) is 0 Å². The molecule has 2 aromatic rings. The lowest BCUT2D eigenvalue weighted by atomic mass is 10.0. The van der Waals surface area contributed by atoms with Crippen LogP contribution in [0.5, 0.6) is 5.75 Å². The molecule has 1 aromatic carbocycles. The summed E-state index contributed by atoms with van der Waals surface area (Å²) in [7, 11) is 0. The van der Waals surface area contributed by atoms with Crippen molar-refractivity contribution in [3.05, 3.63) is 36.4 Å². The van der Waals surface area contributed by atoms with Gasteiger partial charge in [0.25, 0.3) is 5.91 Å². The second-order valence-electron chi connectivity index (χ2n) is 7.07. The molecule has 1 aromatic heterocycles. The number of aromatic nitrogens is 1. The van der Waals surface area contributed by atoms with Gasteiger partial charge in [0, 0.05) is 18.3 Å². The van der Waals surface area contributed by atoms with Gasteiger partial charge in [-0.2, -0.15) is 0 Å². The lowest BCUT2D eigenvalue weighted by molar-refractivity contribution is -0.129. The average molecular weight is 397 g/mol. The number of nitrogens with one attached hydrogen (secondary N) is 2. The van der Waals surface area contributed by atoms with Gasteiger partial charge in [0.1, 0.15) is 12.4 Å². The van der Waals surface area contributed by atoms with Gasteiger partial charge in [-0.05, 0) is 42.3 Å². The van der Waals surface area contributed by atoms with E-state index in [4.69, 9.17) is 10.5 Å². The van der Waals surface area contributed by atoms with Crippen LogP contribution in [-0.4, -0.2) is 35.4 Å². The number of nitrogens with two attached hydrogens (primary N) is 1. The Kier molecular flexibility index (Phi) is 5.67. The van der Waals surface area contributed by atoms with Gasteiger partial charge in [-0.3, -0.25) is 19.3 Å². The van der Waals surface area contributed by atoms with Crippen molar-refractivity contribution in [1.29, 1.82) is 0 Å². The molecule has 9 nitrogen and oxygen atoms in total. The number of anilines is 4. The number of carbonyl (C=O) groups excluding carboxylic acids is 3. The average Bonchev–Trinajstić information content (AvgIpc) is 2.65.